The van der Waals surface area contributed by atoms with Crippen LogP contribution in [0.25, 0.3) is 0 Å². The van der Waals surface area contributed by atoms with Gasteiger partial charge in [-0.1, -0.05) is 0 Å². The van der Waals surface area contributed by atoms with Gasteiger partial charge in [0.15, 0.2) is 6.04 Å². The second-order valence-electron chi connectivity index (χ2n) is 3.07. The molecule has 1 fully saturated rings. The SMILES string of the molecule is CCOC(=O)C(N)C(=O)N[C@@H]1CONC1=O. The topological polar surface area (TPSA) is 120 Å². The number of nitrogens with one attached hydrogen (secondary N) is 2. The van der Waals surface area contributed by atoms with Gasteiger partial charge in [0.05, 0.1) is 6.61 Å². The number of carbonyl (C=O) groups excluding carboxylic acids is 3. The molecule has 0 spiro atoms. The Morgan fingerprint density at radius 3 is 2.94 bits per heavy atom. The van der Waals surface area contributed by atoms with Crippen molar-refractivity contribution in [2.75, 3.05) is 13.2 Å². The molecule has 1 heterocycles. The Hall–Kier alpha value is -1.67. The van der Waals surface area contributed by atoms with Crippen LogP contribution in [0.3, 0.4) is 0 Å². The molecular weight excluding hydrogens is 218 g/mol. The molecule has 1 saturated heterocycles. The van der Waals surface area contributed by atoms with E-state index in [1.54, 1.807) is 6.92 Å². The highest BCUT2D eigenvalue weighted by molar-refractivity contribution is 6.03. The molecule has 4 N–H and O–H groups in total. The molecule has 8 heteroatoms. The van der Waals surface area contributed by atoms with Gasteiger partial charge in [-0.05, 0) is 6.92 Å². The van der Waals surface area contributed by atoms with Crippen LogP contribution in [0.4, 0.5) is 0 Å². The summed E-state index contributed by atoms with van der Waals surface area (Å²) in [5.41, 5.74) is 7.37. The molecule has 2 amide bonds. The van der Waals surface area contributed by atoms with Gasteiger partial charge in [-0.2, -0.15) is 0 Å². The number of hydrogen-bond acceptors (Lipinski definition) is 6. The number of hydroxylamine groups is 1. The molecule has 1 aliphatic heterocycles. The molecular formula is C8H13N3O5. The fourth-order valence-corrected chi connectivity index (χ4v) is 1.05. The minimum Gasteiger partial charge on any atom is -0.464 e. The quantitative estimate of drug-likeness (QED) is 0.361. The summed E-state index contributed by atoms with van der Waals surface area (Å²) in [4.78, 5) is 38.1. The van der Waals surface area contributed by atoms with Crippen molar-refractivity contribution in [1.82, 2.24) is 10.8 Å². The van der Waals surface area contributed by atoms with Gasteiger partial charge in [0.1, 0.15) is 12.6 Å². The van der Waals surface area contributed by atoms with E-state index in [1.165, 1.54) is 0 Å². The van der Waals surface area contributed by atoms with Crippen molar-refractivity contribution in [3.05, 3.63) is 0 Å². The number of rotatable bonds is 4. The fourth-order valence-electron chi connectivity index (χ4n) is 1.05. The first kappa shape index (κ1) is 12.4. The molecule has 8 nitrogen and oxygen atoms in total. The molecule has 1 unspecified atom stereocenters. The lowest BCUT2D eigenvalue weighted by Gasteiger charge is -2.12. The number of ether oxygens (including phenoxy) is 1. The van der Waals surface area contributed by atoms with Gasteiger partial charge in [-0.15, -0.1) is 0 Å². The number of nitrogens with two attached hydrogens (primary N) is 1. The maximum atomic E-state index is 11.4. The van der Waals surface area contributed by atoms with E-state index in [0.717, 1.165) is 0 Å². The molecule has 0 saturated carbocycles. The van der Waals surface area contributed by atoms with Crippen LogP contribution in [0.1, 0.15) is 6.92 Å². The fraction of sp³-hybridized carbons (Fsp3) is 0.625. The Morgan fingerprint density at radius 1 is 1.75 bits per heavy atom. The third-order valence-electron chi connectivity index (χ3n) is 1.88. The van der Waals surface area contributed by atoms with Crippen molar-refractivity contribution < 1.29 is 24.0 Å². The highest BCUT2D eigenvalue weighted by atomic mass is 16.7. The summed E-state index contributed by atoms with van der Waals surface area (Å²) in [6.45, 7) is 1.73. The molecule has 90 valence electrons. The molecule has 0 aromatic rings. The lowest BCUT2D eigenvalue weighted by atomic mass is 10.2. The van der Waals surface area contributed by atoms with Gasteiger partial charge in [-0.25, -0.2) is 10.3 Å². The van der Waals surface area contributed by atoms with Crippen LogP contribution in [-0.2, 0) is 24.0 Å². The predicted octanol–water partition coefficient (Wildman–Crippen LogP) is -2.58. The smallest absolute Gasteiger partial charge is 0.332 e. The first-order chi connectivity index (χ1) is 7.56. The summed E-state index contributed by atoms with van der Waals surface area (Å²) < 4.78 is 4.56. The van der Waals surface area contributed by atoms with Crippen LogP contribution < -0.4 is 16.5 Å². The second kappa shape index (κ2) is 5.42. The van der Waals surface area contributed by atoms with Crippen LogP contribution in [0, 0.1) is 0 Å². The molecule has 0 bridgehead atoms. The minimum atomic E-state index is -1.44. The van der Waals surface area contributed by atoms with E-state index in [4.69, 9.17) is 5.73 Å². The Kier molecular flexibility index (Phi) is 4.20. The summed E-state index contributed by atoms with van der Waals surface area (Å²) in [6.07, 6.45) is 0. The molecule has 0 aromatic carbocycles. The highest BCUT2D eigenvalue weighted by Gasteiger charge is 2.31. The van der Waals surface area contributed by atoms with Gasteiger partial charge >= 0.3 is 5.97 Å². The normalized spacial score (nSPS) is 21.1. The zero-order valence-electron chi connectivity index (χ0n) is 8.69. The highest BCUT2D eigenvalue weighted by Crippen LogP contribution is 1.95. The predicted molar refractivity (Wildman–Crippen MR) is 50.6 cm³/mol. The van der Waals surface area contributed by atoms with E-state index >= 15 is 0 Å². The van der Waals surface area contributed by atoms with Crippen LogP contribution in [0.5, 0.6) is 0 Å². The lowest BCUT2D eigenvalue weighted by Crippen LogP contribution is -2.52. The Balaban J connectivity index is 2.45. The average molecular weight is 231 g/mol. The lowest BCUT2D eigenvalue weighted by molar-refractivity contribution is -0.148. The Morgan fingerprint density at radius 2 is 2.44 bits per heavy atom. The number of esters is 1. The first-order valence-corrected chi connectivity index (χ1v) is 4.70. The minimum absolute atomic E-state index is 0.000118. The van der Waals surface area contributed by atoms with E-state index in [9.17, 15) is 14.4 Å². The first-order valence-electron chi connectivity index (χ1n) is 4.70. The van der Waals surface area contributed by atoms with Crippen molar-refractivity contribution in [1.29, 1.82) is 0 Å². The average Bonchev–Trinajstić information content (AvgIpc) is 2.63. The van der Waals surface area contributed by atoms with Gasteiger partial charge < -0.3 is 15.8 Å². The van der Waals surface area contributed by atoms with Crippen molar-refractivity contribution in [3.8, 4) is 0 Å². The van der Waals surface area contributed by atoms with Crippen molar-refractivity contribution >= 4 is 17.8 Å². The van der Waals surface area contributed by atoms with Gasteiger partial charge in [0.25, 0.3) is 5.91 Å². The molecule has 1 rings (SSSR count). The molecule has 0 aromatic heterocycles. The van der Waals surface area contributed by atoms with Crippen molar-refractivity contribution in [2.45, 2.75) is 19.0 Å². The van der Waals surface area contributed by atoms with E-state index in [-0.39, 0.29) is 13.2 Å². The number of hydrogen-bond donors (Lipinski definition) is 3. The second-order valence-corrected chi connectivity index (χ2v) is 3.07. The number of carbonyl (C=O) groups is 3. The summed E-state index contributed by atoms with van der Waals surface area (Å²) in [7, 11) is 0. The van der Waals surface area contributed by atoms with Gasteiger partial charge in [0, 0.05) is 0 Å². The summed E-state index contributed by atoms with van der Waals surface area (Å²) in [5.74, 6) is -2.09. The van der Waals surface area contributed by atoms with E-state index in [2.05, 4.69) is 20.4 Å². The zero-order chi connectivity index (χ0) is 12.1. The Labute approximate surface area is 91.4 Å². The molecule has 0 radical (unpaired) electrons. The van der Waals surface area contributed by atoms with Gasteiger partial charge in [-0.3, -0.25) is 14.4 Å². The maximum absolute atomic E-state index is 11.4. The van der Waals surface area contributed by atoms with Crippen LogP contribution >= 0.6 is 0 Å². The monoisotopic (exact) mass is 231 g/mol. The van der Waals surface area contributed by atoms with Gasteiger partial charge in [0.2, 0.25) is 5.91 Å². The molecule has 16 heavy (non-hydrogen) atoms. The summed E-state index contributed by atoms with van der Waals surface area (Å²) in [6, 6.07) is -2.26. The third-order valence-corrected chi connectivity index (χ3v) is 1.88. The van der Waals surface area contributed by atoms with Crippen LogP contribution in [-0.4, -0.2) is 43.1 Å². The Bertz CT molecular complexity index is 306. The van der Waals surface area contributed by atoms with Crippen LogP contribution in [0.2, 0.25) is 0 Å². The third kappa shape index (κ3) is 2.91. The number of amides is 2. The van der Waals surface area contributed by atoms with Crippen LogP contribution in [0.15, 0.2) is 0 Å². The summed E-state index contributed by atoms with van der Waals surface area (Å²) >= 11 is 0. The molecule has 2 atom stereocenters. The van der Waals surface area contributed by atoms with E-state index < -0.39 is 29.9 Å². The molecule has 1 aliphatic rings. The summed E-state index contributed by atoms with van der Waals surface area (Å²) in [5, 5.41) is 2.27. The zero-order valence-corrected chi connectivity index (χ0v) is 8.69. The standard InChI is InChI=1S/C8H13N3O5/c1-2-15-8(14)5(9)7(13)10-4-3-16-11-6(4)12/h4-5H,2-3,9H2,1H3,(H,10,13)(H,11,12)/t4-,5?/m1/s1. The van der Waals surface area contributed by atoms with Crippen molar-refractivity contribution in [3.63, 3.8) is 0 Å². The molecule has 0 aliphatic carbocycles. The largest absolute Gasteiger partial charge is 0.464 e. The van der Waals surface area contributed by atoms with E-state index in [1.807, 2.05) is 0 Å². The van der Waals surface area contributed by atoms with Crippen molar-refractivity contribution in [2.24, 2.45) is 5.73 Å². The maximum Gasteiger partial charge on any atom is 0.332 e. The van der Waals surface area contributed by atoms with E-state index in [0.29, 0.717) is 0 Å².